The third kappa shape index (κ3) is 46.0. The van der Waals surface area contributed by atoms with Crippen LogP contribution in [-0.2, 0) is 9.53 Å². The van der Waals surface area contributed by atoms with Gasteiger partial charge in [0.1, 0.15) is 0 Å². The van der Waals surface area contributed by atoms with E-state index in [0.29, 0.717) is 6.61 Å². The van der Waals surface area contributed by atoms with Crippen LogP contribution >= 0.6 is 0 Å². The Balaban J connectivity index is -0.000000173. The Morgan fingerprint density at radius 1 is 1.46 bits per heavy atom. The Morgan fingerprint density at radius 2 is 1.92 bits per heavy atom. The van der Waals surface area contributed by atoms with Crippen LogP contribution in [0, 0.1) is 0 Å². The first-order valence-electron chi connectivity index (χ1n) is 4.00. The van der Waals surface area contributed by atoms with E-state index in [1.54, 1.807) is 0 Å². The number of unbranched alkanes of at least 4 members (excludes halogenated alkanes) is 1. The van der Waals surface area contributed by atoms with Gasteiger partial charge in [-0.1, -0.05) is 13.3 Å². The first kappa shape index (κ1) is 19.0. The van der Waals surface area contributed by atoms with Crippen LogP contribution in [0.15, 0.2) is 0 Å². The summed E-state index contributed by atoms with van der Waals surface area (Å²) < 4.78 is 4.91. The molecule has 0 bridgehead atoms. The van der Waals surface area contributed by atoms with E-state index in [1.165, 1.54) is 0 Å². The van der Waals surface area contributed by atoms with Gasteiger partial charge in [0, 0.05) is 20.1 Å². The summed E-state index contributed by atoms with van der Waals surface area (Å²) in [4.78, 5) is 9.00. The maximum Gasteiger partial charge on any atom is 1.00 e. The molecule has 0 aliphatic heterocycles. The van der Waals surface area contributed by atoms with Crippen LogP contribution in [0.4, 0.5) is 0 Å². The summed E-state index contributed by atoms with van der Waals surface area (Å²) in [6, 6.07) is 0. The summed E-state index contributed by atoms with van der Waals surface area (Å²) in [5.41, 5.74) is 0. The molecule has 0 atom stereocenters. The molecule has 0 spiro atoms. The van der Waals surface area contributed by atoms with Gasteiger partial charge >= 0.3 is 29.6 Å². The minimum Gasteiger partial charge on any atom is -0.853 e. The van der Waals surface area contributed by atoms with Gasteiger partial charge in [0.15, 0.2) is 0 Å². The molecule has 0 aromatic heterocycles. The second-order valence-electron chi connectivity index (χ2n) is 2.19. The summed E-state index contributed by atoms with van der Waals surface area (Å²) in [6.45, 7) is 4.20. The third-order valence-corrected chi connectivity index (χ3v) is 0.870. The van der Waals surface area contributed by atoms with Crippen molar-refractivity contribution < 1.29 is 49.3 Å². The molecule has 0 aliphatic carbocycles. The van der Waals surface area contributed by atoms with Crippen LogP contribution in [0.2, 0.25) is 0 Å². The van der Waals surface area contributed by atoms with E-state index in [9.17, 15) is 5.11 Å². The molecule has 0 saturated carbocycles. The van der Waals surface area contributed by atoms with Crippen molar-refractivity contribution in [3.05, 3.63) is 0 Å². The van der Waals surface area contributed by atoms with Gasteiger partial charge in [-0.3, -0.25) is 4.79 Å². The number of carbonyl (C=O) groups is 1. The predicted octanol–water partition coefficient (Wildman–Crippen LogP) is -2.74. The SMILES string of the molecule is CC(=O)O.CCCCOCC[O-].[Na+]. The summed E-state index contributed by atoms with van der Waals surface area (Å²) in [6.07, 6.45) is 2.21. The molecule has 74 valence electrons. The molecule has 0 rings (SSSR count). The van der Waals surface area contributed by atoms with Crippen LogP contribution in [0.1, 0.15) is 26.7 Å². The van der Waals surface area contributed by atoms with Gasteiger partial charge in [0.25, 0.3) is 5.97 Å². The van der Waals surface area contributed by atoms with E-state index in [2.05, 4.69) is 6.92 Å². The Morgan fingerprint density at radius 3 is 2.23 bits per heavy atom. The van der Waals surface area contributed by atoms with E-state index < -0.39 is 5.97 Å². The van der Waals surface area contributed by atoms with E-state index >= 15 is 0 Å². The number of carboxylic acid groups (broad SMARTS) is 1. The first-order chi connectivity index (χ1) is 5.65. The van der Waals surface area contributed by atoms with Gasteiger partial charge in [0.05, 0.1) is 0 Å². The monoisotopic (exact) mass is 200 g/mol. The van der Waals surface area contributed by atoms with Crippen LogP contribution in [0.5, 0.6) is 0 Å². The van der Waals surface area contributed by atoms with E-state index in [1.807, 2.05) is 0 Å². The number of carboxylic acids is 1. The van der Waals surface area contributed by atoms with Gasteiger partial charge in [-0.15, -0.1) is 6.61 Å². The summed E-state index contributed by atoms with van der Waals surface area (Å²) in [5, 5.41) is 17.2. The minimum atomic E-state index is -0.833. The molecule has 0 heterocycles. The molecule has 0 aromatic rings. The second-order valence-corrected chi connectivity index (χ2v) is 2.19. The van der Waals surface area contributed by atoms with Crippen molar-refractivity contribution in [3.8, 4) is 0 Å². The fourth-order valence-corrected chi connectivity index (χ4v) is 0.407. The van der Waals surface area contributed by atoms with E-state index in [0.717, 1.165) is 26.4 Å². The number of rotatable bonds is 5. The van der Waals surface area contributed by atoms with E-state index in [4.69, 9.17) is 14.6 Å². The first-order valence-corrected chi connectivity index (χ1v) is 4.00. The van der Waals surface area contributed by atoms with Gasteiger partial charge in [0.2, 0.25) is 0 Å². The Kier molecular flexibility index (Phi) is 26.7. The number of hydrogen-bond acceptors (Lipinski definition) is 3. The zero-order valence-corrected chi connectivity index (χ0v) is 10.7. The van der Waals surface area contributed by atoms with Gasteiger partial charge in [-0.05, 0) is 6.42 Å². The predicted molar refractivity (Wildman–Crippen MR) is 43.9 cm³/mol. The number of aliphatic carboxylic acids is 1. The summed E-state index contributed by atoms with van der Waals surface area (Å²) >= 11 is 0. The van der Waals surface area contributed by atoms with Crippen molar-refractivity contribution >= 4 is 5.97 Å². The molecule has 0 radical (unpaired) electrons. The normalized spacial score (nSPS) is 7.92. The zero-order valence-electron chi connectivity index (χ0n) is 8.71. The van der Waals surface area contributed by atoms with Crippen molar-refractivity contribution in [2.75, 3.05) is 19.8 Å². The molecule has 4 nitrogen and oxygen atoms in total. The van der Waals surface area contributed by atoms with Crippen molar-refractivity contribution in [3.63, 3.8) is 0 Å². The molecule has 5 heteroatoms. The van der Waals surface area contributed by atoms with Crippen molar-refractivity contribution in [1.82, 2.24) is 0 Å². The maximum absolute atomic E-state index is 9.77. The number of ether oxygens (including phenoxy) is 1. The molecular formula is C8H17NaO4. The van der Waals surface area contributed by atoms with Gasteiger partial charge in [-0.25, -0.2) is 0 Å². The van der Waals surface area contributed by atoms with Gasteiger partial charge < -0.3 is 14.9 Å². The van der Waals surface area contributed by atoms with Crippen LogP contribution in [-0.4, -0.2) is 30.9 Å². The van der Waals surface area contributed by atoms with Crippen molar-refractivity contribution in [1.29, 1.82) is 0 Å². The Hall–Kier alpha value is 0.390. The number of hydrogen-bond donors (Lipinski definition) is 1. The molecule has 0 aromatic carbocycles. The average Bonchev–Trinajstić information content (AvgIpc) is 1.97. The van der Waals surface area contributed by atoms with Crippen LogP contribution < -0.4 is 34.7 Å². The molecule has 0 fully saturated rings. The Labute approximate surface area is 102 Å². The molecule has 0 amide bonds. The smallest absolute Gasteiger partial charge is 0.853 e. The fraction of sp³-hybridized carbons (Fsp3) is 0.875. The summed E-state index contributed by atoms with van der Waals surface area (Å²) in [7, 11) is 0. The van der Waals surface area contributed by atoms with Gasteiger partial charge in [-0.2, -0.15) is 0 Å². The van der Waals surface area contributed by atoms with Crippen LogP contribution in [0.3, 0.4) is 0 Å². The zero-order chi connectivity index (χ0) is 9.82. The average molecular weight is 200 g/mol. The third-order valence-electron chi connectivity index (χ3n) is 0.870. The quantitative estimate of drug-likeness (QED) is 0.386. The maximum atomic E-state index is 9.77. The fourth-order valence-electron chi connectivity index (χ4n) is 0.407. The second kappa shape index (κ2) is 18.2. The molecule has 0 unspecified atom stereocenters. The molecule has 0 aliphatic rings. The minimum absolute atomic E-state index is 0. The topological polar surface area (TPSA) is 69.6 Å². The largest absolute Gasteiger partial charge is 1.00 e. The van der Waals surface area contributed by atoms with Crippen molar-refractivity contribution in [2.45, 2.75) is 26.7 Å². The standard InChI is InChI=1S/C6H13O2.C2H4O2.Na/c1-2-3-5-8-6-4-7;1-2(3)4;/h2-6H2,1H3;1H3,(H,3,4);/q-1;;+1. The van der Waals surface area contributed by atoms with Crippen LogP contribution in [0.25, 0.3) is 0 Å². The molecule has 13 heavy (non-hydrogen) atoms. The molecule has 1 N–H and O–H groups in total. The Bertz CT molecular complexity index is 88.1. The van der Waals surface area contributed by atoms with E-state index in [-0.39, 0.29) is 36.2 Å². The molecule has 0 saturated heterocycles. The molecular weight excluding hydrogens is 183 g/mol. The summed E-state index contributed by atoms with van der Waals surface area (Å²) in [5.74, 6) is -0.833. The van der Waals surface area contributed by atoms with Crippen molar-refractivity contribution in [2.24, 2.45) is 0 Å².